The molecular formula is C18H30ClIN4O. The van der Waals surface area contributed by atoms with Gasteiger partial charge in [0.05, 0.1) is 6.54 Å². The van der Waals surface area contributed by atoms with Crippen molar-refractivity contribution >= 4 is 41.5 Å². The SMILES string of the molecule is CN=C(NCC1CCCN(C)C1)N(C)CCOc1ccc(Cl)cc1.I. The lowest BCUT2D eigenvalue weighted by molar-refractivity contribution is 0.209. The van der Waals surface area contributed by atoms with E-state index in [4.69, 9.17) is 16.3 Å². The molecule has 1 aromatic carbocycles. The highest BCUT2D eigenvalue weighted by Gasteiger charge is 2.17. The van der Waals surface area contributed by atoms with E-state index in [0.29, 0.717) is 12.5 Å². The minimum absolute atomic E-state index is 0. The van der Waals surface area contributed by atoms with Gasteiger partial charge in [0.2, 0.25) is 0 Å². The largest absolute Gasteiger partial charge is 0.492 e. The van der Waals surface area contributed by atoms with Gasteiger partial charge in [-0.15, -0.1) is 24.0 Å². The number of halogens is 2. The topological polar surface area (TPSA) is 40.1 Å². The number of rotatable bonds is 6. The molecule has 1 N–H and O–H groups in total. The predicted molar refractivity (Wildman–Crippen MR) is 117 cm³/mol. The quantitative estimate of drug-likeness (QED) is 0.386. The molecule has 1 atom stereocenters. The standard InChI is InChI=1S/C18H29ClN4O.HI/c1-20-18(21-13-15-5-4-10-22(2)14-15)23(3)11-12-24-17-8-6-16(19)7-9-17;/h6-9,15H,4-5,10-14H2,1-3H3,(H,20,21);1H. The second-order valence-electron chi connectivity index (χ2n) is 6.42. The smallest absolute Gasteiger partial charge is 0.193 e. The molecule has 2 rings (SSSR count). The molecule has 1 fully saturated rings. The van der Waals surface area contributed by atoms with Gasteiger partial charge in [-0.05, 0) is 56.6 Å². The van der Waals surface area contributed by atoms with Crippen LogP contribution in [0.5, 0.6) is 5.75 Å². The Bertz CT molecular complexity index is 526. The maximum absolute atomic E-state index is 5.87. The van der Waals surface area contributed by atoms with Gasteiger partial charge in [0, 0.05) is 32.2 Å². The van der Waals surface area contributed by atoms with Crippen LogP contribution in [-0.4, -0.2) is 69.7 Å². The summed E-state index contributed by atoms with van der Waals surface area (Å²) >= 11 is 5.87. The van der Waals surface area contributed by atoms with Crippen LogP contribution in [0.2, 0.25) is 5.02 Å². The van der Waals surface area contributed by atoms with Crippen LogP contribution >= 0.6 is 35.6 Å². The third-order valence-electron chi connectivity index (χ3n) is 4.35. The van der Waals surface area contributed by atoms with Gasteiger partial charge < -0.3 is 19.9 Å². The molecule has 1 saturated heterocycles. The number of benzene rings is 1. The van der Waals surface area contributed by atoms with E-state index in [1.54, 1.807) is 0 Å². The van der Waals surface area contributed by atoms with E-state index in [2.05, 4.69) is 27.2 Å². The lowest BCUT2D eigenvalue weighted by Gasteiger charge is -2.31. The van der Waals surface area contributed by atoms with Crippen molar-refractivity contribution in [3.05, 3.63) is 29.3 Å². The Hall–Kier alpha value is -0.730. The summed E-state index contributed by atoms with van der Waals surface area (Å²) in [6.07, 6.45) is 2.57. The normalized spacial score (nSPS) is 18.4. The molecule has 0 aromatic heterocycles. The molecular weight excluding hydrogens is 451 g/mol. The minimum Gasteiger partial charge on any atom is -0.492 e. The summed E-state index contributed by atoms with van der Waals surface area (Å²) in [6, 6.07) is 7.44. The van der Waals surface area contributed by atoms with E-state index in [0.717, 1.165) is 36.4 Å². The number of nitrogens with zero attached hydrogens (tertiary/aromatic N) is 3. The van der Waals surface area contributed by atoms with Crippen molar-refractivity contribution in [3.63, 3.8) is 0 Å². The number of aliphatic imine (C=N–C) groups is 1. The summed E-state index contributed by atoms with van der Waals surface area (Å²) in [5.74, 6) is 2.45. The molecule has 0 saturated carbocycles. The van der Waals surface area contributed by atoms with Crippen LogP contribution in [-0.2, 0) is 0 Å². The Morgan fingerprint density at radius 2 is 2.12 bits per heavy atom. The molecule has 7 heteroatoms. The zero-order chi connectivity index (χ0) is 17.4. The summed E-state index contributed by atoms with van der Waals surface area (Å²) in [7, 11) is 6.06. The average Bonchev–Trinajstić information content (AvgIpc) is 2.57. The van der Waals surface area contributed by atoms with Gasteiger partial charge in [-0.25, -0.2) is 0 Å². The minimum atomic E-state index is 0. The number of hydrogen-bond acceptors (Lipinski definition) is 3. The molecule has 1 unspecified atom stereocenters. The van der Waals surface area contributed by atoms with E-state index in [1.165, 1.54) is 19.4 Å². The van der Waals surface area contributed by atoms with Gasteiger partial charge in [-0.1, -0.05) is 11.6 Å². The van der Waals surface area contributed by atoms with Gasteiger partial charge in [0.25, 0.3) is 0 Å². The van der Waals surface area contributed by atoms with E-state index in [9.17, 15) is 0 Å². The lowest BCUT2D eigenvalue weighted by atomic mass is 9.99. The monoisotopic (exact) mass is 480 g/mol. The second kappa shape index (κ2) is 11.8. The van der Waals surface area contributed by atoms with E-state index in [1.807, 2.05) is 38.4 Å². The van der Waals surface area contributed by atoms with Crippen molar-refractivity contribution in [1.29, 1.82) is 0 Å². The predicted octanol–water partition coefficient (Wildman–Crippen LogP) is 3.19. The fraction of sp³-hybridized carbons (Fsp3) is 0.611. The van der Waals surface area contributed by atoms with Crippen LogP contribution in [0, 0.1) is 5.92 Å². The molecule has 1 heterocycles. The zero-order valence-corrected chi connectivity index (χ0v) is 18.5. The van der Waals surface area contributed by atoms with Gasteiger partial charge >= 0.3 is 0 Å². The molecule has 0 radical (unpaired) electrons. The molecule has 142 valence electrons. The highest BCUT2D eigenvalue weighted by Crippen LogP contribution is 2.15. The van der Waals surface area contributed by atoms with Crippen LogP contribution in [0.3, 0.4) is 0 Å². The van der Waals surface area contributed by atoms with Crippen LogP contribution in [0.25, 0.3) is 0 Å². The fourth-order valence-electron chi connectivity index (χ4n) is 3.00. The van der Waals surface area contributed by atoms with Gasteiger partial charge in [0.15, 0.2) is 5.96 Å². The first-order valence-corrected chi connectivity index (χ1v) is 8.95. The third kappa shape index (κ3) is 8.00. The van der Waals surface area contributed by atoms with Gasteiger partial charge in [0.1, 0.15) is 12.4 Å². The Balaban J connectivity index is 0.00000312. The Kier molecular flexibility index (Phi) is 10.5. The summed E-state index contributed by atoms with van der Waals surface area (Å²) in [4.78, 5) is 8.88. The highest BCUT2D eigenvalue weighted by molar-refractivity contribution is 14.0. The van der Waals surface area contributed by atoms with Crippen molar-refractivity contribution in [3.8, 4) is 5.75 Å². The van der Waals surface area contributed by atoms with Crippen molar-refractivity contribution < 1.29 is 4.74 Å². The maximum Gasteiger partial charge on any atom is 0.193 e. The molecule has 1 aromatic rings. The number of likely N-dealkylation sites (tertiary alicyclic amines) is 1. The average molecular weight is 481 g/mol. The number of likely N-dealkylation sites (N-methyl/N-ethyl adjacent to an activating group) is 1. The summed E-state index contributed by atoms with van der Waals surface area (Å²) in [5.41, 5.74) is 0. The van der Waals surface area contributed by atoms with Crippen molar-refractivity contribution in [2.24, 2.45) is 10.9 Å². The van der Waals surface area contributed by atoms with Crippen LogP contribution in [0.1, 0.15) is 12.8 Å². The zero-order valence-electron chi connectivity index (χ0n) is 15.4. The summed E-state index contributed by atoms with van der Waals surface area (Å²) < 4.78 is 5.75. The first-order valence-electron chi connectivity index (χ1n) is 8.57. The van der Waals surface area contributed by atoms with Crippen molar-refractivity contribution in [1.82, 2.24) is 15.1 Å². The number of guanidine groups is 1. The molecule has 1 aliphatic rings. The van der Waals surface area contributed by atoms with Crippen LogP contribution in [0.4, 0.5) is 0 Å². The van der Waals surface area contributed by atoms with Crippen LogP contribution in [0.15, 0.2) is 29.3 Å². The molecule has 0 amide bonds. The van der Waals surface area contributed by atoms with E-state index in [-0.39, 0.29) is 24.0 Å². The van der Waals surface area contributed by atoms with E-state index >= 15 is 0 Å². The molecule has 1 aliphatic heterocycles. The van der Waals surface area contributed by atoms with Gasteiger partial charge in [-0.2, -0.15) is 0 Å². The highest BCUT2D eigenvalue weighted by atomic mass is 127. The third-order valence-corrected chi connectivity index (χ3v) is 4.61. The molecule has 25 heavy (non-hydrogen) atoms. The fourth-order valence-corrected chi connectivity index (χ4v) is 3.12. The second-order valence-corrected chi connectivity index (χ2v) is 6.86. The maximum atomic E-state index is 5.87. The lowest BCUT2D eigenvalue weighted by Crippen LogP contribution is -2.45. The Morgan fingerprint density at radius 3 is 2.76 bits per heavy atom. The van der Waals surface area contributed by atoms with E-state index < -0.39 is 0 Å². The first-order chi connectivity index (χ1) is 11.6. The number of ether oxygens (including phenoxy) is 1. The summed E-state index contributed by atoms with van der Waals surface area (Å²) in [6.45, 7) is 4.72. The molecule has 0 aliphatic carbocycles. The Labute approximate surface area is 173 Å². The van der Waals surface area contributed by atoms with Crippen molar-refractivity contribution in [2.75, 3.05) is 53.9 Å². The molecule has 5 nitrogen and oxygen atoms in total. The molecule has 0 spiro atoms. The number of nitrogens with one attached hydrogen (secondary N) is 1. The number of hydrogen-bond donors (Lipinski definition) is 1. The first kappa shape index (κ1) is 22.3. The Morgan fingerprint density at radius 1 is 1.40 bits per heavy atom. The molecule has 0 bridgehead atoms. The van der Waals surface area contributed by atoms with Crippen LogP contribution < -0.4 is 10.1 Å². The summed E-state index contributed by atoms with van der Waals surface area (Å²) in [5, 5.41) is 4.21. The number of piperidine rings is 1. The van der Waals surface area contributed by atoms with Gasteiger partial charge in [-0.3, -0.25) is 4.99 Å². The van der Waals surface area contributed by atoms with Crippen molar-refractivity contribution in [2.45, 2.75) is 12.8 Å².